The molecule has 0 saturated heterocycles. The number of hydrogen-bond donors (Lipinski definition) is 2. The maximum absolute atomic E-state index is 11.9. The largest absolute Gasteiger partial charge is 0.479 e. The standard InChI is InChI=1S/C15H16N2O4/c1-9-5-10(2)7-11(6-9)14(15(19)20)16-13(18)8-12-3-4-21-17-12/h3-7,14H,8H2,1-2H3,(H,16,18)(H,19,20). The van der Waals surface area contributed by atoms with Gasteiger partial charge in [0.25, 0.3) is 0 Å². The normalized spacial score (nSPS) is 11.9. The third kappa shape index (κ3) is 3.92. The lowest BCUT2D eigenvalue weighted by Gasteiger charge is -2.16. The fourth-order valence-corrected chi connectivity index (χ4v) is 2.17. The molecule has 21 heavy (non-hydrogen) atoms. The van der Waals surface area contributed by atoms with Crippen LogP contribution < -0.4 is 5.32 Å². The number of aromatic nitrogens is 1. The van der Waals surface area contributed by atoms with Crippen LogP contribution in [0.15, 0.2) is 35.1 Å². The molecule has 2 N–H and O–H groups in total. The number of carbonyl (C=O) groups is 2. The van der Waals surface area contributed by atoms with E-state index in [1.54, 1.807) is 18.2 Å². The van der Waals surface area contributed by atoms with Crippen molar-refractivity contribution in [2.24, 2.45) is 0 Å². The van der Waals surface area contributed by atoms with Crippen LogP contribution in [0.4, 0.5) is 0 Å². The third-order valence-corrected chi connectivity index (χ3v) is 2.96. The highest BCUT2D eigenvalue weighted by Gasteiger charge is 2.22. The van der Waals surface area contributed by atoms with Crippen LogP contribution in [0.25, 0.3) is 0 Å². The van der Waals surface area contributed by atoms with Crippen molar-refractivity contribution < 1.29 is 19.2 Å². The van der Waals surface area contributed by atoms with E-state index in [1.165, 1.54) is 6.26 Å². The second-order valence-electron chi connectivity index (χ2n) is 4.93. The van der Waals surface area contributed by atoms with Gasteiger partial charge >= 0.3 is 5.97 Å². The number of nitrogens with one attached hydrogen (secondary N) is 1. The number of carbonyl (C=O) groups excluding carboxylic acids is 1. The van der Waals surface area contributed by atoms with Gasteiger partial charge in [-0.05, 0) is 19.4 Å². The Morgan fingerprint density at radius 2 is 1.95 bits per heavy atom. The number of carboxylic acids is 1. The Labute approximate surface area is 121 Å². The molecule has 1 aromatic carbocycles. The second kappa shape index (κ2) is 6.21. The molecule has 0 aliphatic heterocycles. The molecule has 0 spiro atoms. The van der Waals surface area contributed by atoms with Crippen molar-refractivity contribution in [3.8, 4) is 0 Å². The van der Waals surface area contributed by atoms with Gasteiger partial charge in [-0.25, -0.2) is 4.79 Å². The zero-order chi connectivity index (χ0) is 15.4. The van der Waals surface area contributed by atoms with Crippen molar-refractivity contribution in [2.75, 3.05) is 0 Å². The molecule has 0 fully saturated rings. The first kappa shape index (κ1) is 14.8. The molecule has 2 rings (SSSR count). The van der Waals surface area contributed by atoms with Gasteiger partial charge in [-0.1, -0.05) is 34.5 Å². The molecule has 1 aromatic heterocycles. The summed E-state index contributed by atoms with van der Waals surface area (Å²) in [5.74, 6) is -1.52. The van der Waals surface area contributed by atoms with E-state index in [0.29, 0.717) is 11.3 Å². The first-order chi connectivity index (χ1) is 9.95. The molecule has 1 amide bonds. The van der Waals surface area contributed by atoms with Crippen molar-refractivity contribution in [3.63, 3.8) is 0 Å². The van der Waals surface area contributed by atoms with Crippen molar-refractivity contribution in [2.45, 2.75) is 26.3 Å². The smallest absolute Gasteiger partial charge is 0.330 e. The minimum Gasteiger partial charge on any atom is -0.479 e. The van der Waals surface area contributed by atoms with Gasteiger partial charge in [-0.15, -0.1) is 0 Å². The highest BCUT2D eigenvalue weighted by Crippen LogP contribution is 2.17. The summed E-state index contributed by atoms with van der Waals surface area (Å²) in [5.41, 5.74) is 2.90. The van der Waals surface area contributed by atoms with Crippen molar-refractivity contribution >= 4 is 11.9 Å². The van der Waals surface area contributed by atoms with Gasteiger partial charge in [-0.2, -0.15) is 0 Å². The van der Waals surface area contributed by atoms with Gasteiger partial charge in [0, 0.05) is 6.07 Å². The lowest BCUT2D eigenvalue weighted by Crippen LogP contribution is -2.34. The maximum Gasteiger partial charge on any atom is 0.330 e. The Bertz CT molecular complexity index is 629. The highest BCUT2D eigenvalue weighted by atomic mass is 16.5. The zero-order valence-electron chi connectivity index (χ0n) is 11.8. The second-order valence-corrected chi connectivity index (χ2v) is 4.93. The number of rotatable bonds is 5. The van der Waals surface area contributed by atoms with Crippen LogP contribution in [0, 0.1) is 13.8 Å². The van der Waals surface area contributed by atoms with Crippen molar-refractivity contribution in [1.82, 2.24) is 10.5 Å². The van der Waals surface area contributed by atoms with Gasteiger partial charge in [0.15, 0.2) is 6.04 Å². The summed E-state index contributed by atoms with van der Waals surface area (Å²) in [7, 11) is 0. The van der Waals surface area contributed by atoms with Gasteiger partial charge in [0.05, 0.1) is 12.1 Å². The molecule has 6 nitrogen and oxygen atoms in total. The minimum absolute atomic E-state index is 0.0227. The lowest BCUT2D eigenvalue weighted by atomic mass is 10.0. The number of aryl methyl sites for hydroxylation is 2. The summed E-state index contributed by atoms with van der Waals surface area (Å²) in [5, 5.41) is 15.5. The fraction of sp³-hybridized carbons (Fsp3) is 0.267. The van der Waals surface area contributed by atoms with Crippen LogP contribution in [0.5, 0.6) is 0 Å². The van der Waals surface area contributed by atoms with Gasteiger partial charge < -0.3 is 14.9 Å². The molecular weight excluding hydrogens is 272 g/mol. The van der Waals surface area contributed by atoms with Gasteiger partial charge in [0.1, 0.15) is 6.26 Å². The Morgan fingerprint density at radius 1 is 1.29 bits per heavy atom. The van der Waals surface area contributed by atoms with E-state index in [9.17, 15) is 14.7 Å². The summed E-state index contributed by atoms with van der Waals surface area (Å²) in [6.45, 7) is 3.76. The molecule has 1 atom stereocenters. The highest BCUT2D eigenvalue weighted by molar-refractivity contribution is 5.85. The average Bonchev–Trinajstić information content (AvgIpc) is 2.87. The van der Waals surface area contributed by atoms with E-state index in [4.69, 9.17) is 0 Å². The summed E-state index contributed by atoms with van der Waals surface area (Å²) >= 11 is 0. The van der Waals surface area contributed by atoms with Crippen LogP contribution >= 0.6 is 0 Å². The monoisotopic (exact) mass is 288 g/mol. The van der Waals surface area contributed by atoms with Crippen LogP contribution in [0.1, 0.15) is 28.4 Å². The molecular formula is C15H16N2O4. The van der Waals surface area contributed by atoms with Crippen molar-refractivity contribution in [3.05, 3.63) is 52.9 Å². The van der Waals surface area contributed by atoms with E-state index in [0.717, 1.165) is 11.1 Å². The first-order valence-corrected chi connectivity index (χ1v) is 6.45. The Hall–Kier alpha value is -2.63. The molecule has 6 heteroatoms. The summed E-state index contributed by atoms with van der Waals surface area (Å²) < 4.78 is 4.64. The molecule has 110 valence electrons. The van der Waals surface area contributed by atoms with Crippen LogP contribution in [0.3, 0.4) is 0 Å². The van der Waals surface area contributed by atoms with E-state index in [1.807, 2.05) is 19.9 Å². The number of hydrogen-bond acceptors (Lipinski definition) is 4. The maximum atomic E-state index is 11.9. The van der Waals surface area contributed by atoms with Crippen LogP contribution in [0.2, 0.25) is 0 Å². The number of carboxylic acid groups (broad SMARTS) is 1. The van der Waals surface area contributed by atoms with E-state index >= 15 is 0 Å². The average molecular weight is 288 g/mol. The number of nitrogens with zero attached hydrogens (tertiary/aromatic N) is 1. The Balaban J connectivity index is 2.15. The number of benzene rings is 1. The Kier molecular flexibility index (Phi) is 4.37. The topological polar surface area (TPSA) is 92.4 Å². The van der Waals surface area contributed by atoms with Gasteiger partial charge in [0.2, 0.25) is 5.91 Å². The summed E-state index contributed by atoms with van der Waals surface area (Å²) in [4.78, 5) is 23.3. The minimum atomic E-state index is -1.10. The number of aliphatic carboxylic acids is 1. The predicted molar refractivity (Wildman–Crippen MR) is 74.6 cm³/mol. The first-order valence-electron chi connectivity index (χ1n) is 6.45. The molecule has 2 aromatic rings. The number of amides is 1. The third-order valence-electron chi connectivity index (χ3n) is 2.96. The molecule has 0 aliphatic carbocycles. The van der Waals surface area contributed by atoms with E-state index in [-0.39, 0.29) is 6.42 Å². The SMILES string of the molecule is Cc1cc(C)cc(C(NC(=O)Cc2ccon2)C(=O)O)c1. The molecule has 0 bridgehead atoms. The predicted octanol–water partition coefficient (Wildman–Crippen LogP) is 1.78. The quantitative estimate of drug-likeness (QED) is 0.874. The van der Waals surface area contributed by atoms with Crippen LogP contribution in [-0.4, -0.2) is 22.1 Å². The zero-order valence-corrected chi connectivity index (χ0v) is 11.8. The molecule has 0 saturated carbocycles. The molecule has 0 radical (unpaired) electrons. The van der Waals surface area contributed by atoms with Crippen LogP contribution in [-0.2, 0) is 16.0 Å². The molecule has 1 unspecified atom stereocenters. The fourth-order valence-electron chi connectivity index (χ4n) is 2.17. The molecule has 1 heterocycles. The molecule has 0 aliphatic rings. The van der Waals surface area contributed by atoms with E-state index in [2.05, 4.69) is 15.0 Å². The van der Waals surface area contributed by atoms with E-state index < -0.39 is 17.9 Å². The summed E-state index contributed by atoms with van der Waals surface area (Å²) in [6.07, 6.45) is 1.34. The van der Waals surface area contributed by atoms with Crippen molar-refractivity contribution in [1.29, 1.82) is 0 Å². The van der Waals surface area contributed by atoms with Gasteiger partial charge in [-0.3, -0.25) is 4.79 Å². The lowest BCUT2D eigenvalue weighted by molar-refractivity contribution is -0.142. The summed E-state index contributed by atoms with van der Waals surface area (Å²) in [6, 6.07) is 5.93. The Morgan fingerprint density at radius 3 is 2.48 bits per heavy atom.